The van der Waals surface area contributed by atoms with E-state index in [-0.39, 0.29) is 0 Å². The molecule has 2 N–H and O–H groups in total. The number of aromatic nitrogens is 2. The van der Waals surface area contributed by atoms with Gasteiger partial charge in [0.25, 0.3) is 0 Å². The average Bonchev–Trinajstić information content (AvgIpc) is 3.13. The fourth-order valence-electron chi connectivity index (χ4n) is 3.76. The molecule has 0 aromatic carbocycles. The Morgan fingerprint density at radius 3 is 1.96 bits per heavy atom. The summed E-state index contributed by atoms with van der Waals surface area (Å²) in [4.78, 5) is 11.5. The molecule has 0 aliphatic carbocycles. The van der Waals surface area contributed by atoms with Gasteiger partial charge < -0.3 is 10.6 Å². The number of unbranched alkanes of at least 4 members (excludes halogenated alkanes) is 9. The molecular weight excluding hydrogens is 308 g/mol. The lowest BCUT2D eigenvalue weighted by Gasteiger charge is -2.18. The van der Waals surface area contributed by atoms with Gasteiger partial charge in [0.05, 0.1) is 0 Å². The number of nitrogen functional groups attached to an aromatic ring is 1. The monoisotopic (exact) mass is 346 g/mol. The van der Waals surface area contributed by atoms with E-state index >= 15 is 0 Å². The van der Waals surface area contributed by atoms with Crippen molar-refractivity contribution < 1.29 is 0 Å². The van der Waals surface area contributed by atoms with Crippen LogP contribution < -0.4 is 10.6 Å². The van der Waals surface area contributed by atoms with Crippen LogP contribution in [-0.4, -0.2) is 23.1 Å². The van der Waals surface area contributed by atoms with Gasteiger partial charge in [0, 0.05) is 24.3 Å². The second-order valence-corrected chi connectivity index (χ2v) is 7.60. The topological polar surface area (TPSA) is 55.0 Å². The summed E-state index contributed by atoms with van der Waals surface area (Å²) < 4.78 is 0. The van der Waals surface area contributed by atoms with Gasteiger partial charge in [-0.15, -0.1) is 0 Å². The third-order valence-corrected chi connectivity index (χ3v) is 5.40. The molecule has 142 valence electrons. The number of nitrogens with two attached hydrogens (primary N) is 1. The van der Waals surface area contributed by atoms with Crippen molar-refractivity contribution in [3.8, 4) is 0 Å². The highest BCUT2D eigenvalue weighted by Gasteiger charge is 2.17. The zero-order chi connectivity index (χ0) is 17.9. The van der Waals surface area contributed by atoms with Crippen LogP contribution in [0.1, 0.15) is 95.2 Å². The third-order valence-electron chi connectivity index (χ3n) is 5.40. The minimum atomic E-state index is 0.699. The lowest BCUT2D eigenvalue weighted by molar-refractivity contribution is 0.556. The number of nitrogens with zero attached hydrogens (tertiary/aromatic N) is 3. The first-order valence-corrected chi connectivity index (χ1v) is 10.6. The van der Waals surface area contributed by atoms with Crippen LogP contribution in [0.5, 0.6) is 0 Å². The summed E-state index contributed by atoms with van der Waals surface area (Å²) in [5, 5.41) is 0. The highest BCUT2D eigenvalue weighted by Crippen LogP contribution is 2.23. The predicted octanol–water partition coefficient (Wildman–Crippen LogP) is 5.43. The summed E-state index contributed by atoms with van der Waals surface area (Å²) in [5.74, 6) is 1.53. The number of hydrogen-bond donors (Lipinski definition) is 1. The molecule has 4 heteroatoms. The lowest BCUT2D eigenvalue weighted by atomic mass is 10.0. The van der Waals surface area contributed by atoms with Crippen molar-refractivity contribution in [3.63, 3.8) is 0 Å². The molecule has 1 aliphatic heterocycles. The van der Waals surface area contributed by atoms with E-state index in [4.69, 9.17) is 10.7 Å². The van der Waals surface area contributed by atoms with Crippen molar-refractivity contribution in [3.05, 3.63) is 11.3 Å². The summed E-state index contributed by atoms with van der Waals surface area (Å²) >= 11 is 0. The predicted molar refractivity (Wildman–Crippen MR) is 108 cm³/mol. The molecule has 0 spiro atoms. The smallest absolute Gasteiger partial charge is 0.227 e. The molecule has 0 unspecified atom stereocenters. The van der Waals surface area contributed by atoms with Gasteiger partial charge in [-0.25, -0.2) is 4.98 Å². The van der Waals surface area contributed by atoms with Crippen LogP contribution in [0.2, 0.25) is 0 Å². The first-order valence-electron chi connectivity index (χ1n) is 10.6. The molecule has 1 aromatic heterocycles. The van der Waals surface area contributed by atoms with E-state index < -0.39 is 0 Å². The van der Waals surface area contributed by atoms with Gasteiger partial charge in [-0.05, 0) is 32.6 Å². The van der Waals surface area contributed by atoms with Crippen LogP contribution in [0.15, 0.2) is 0 Å². The normalized spacial score (nSPS) is 14.4. The zero-order valence-corrected chi connectivity index (χ0v) is 16.5. The summed E-state index contributed by atoms with van der Waals surface area (Å²) in [5.41, 5.74) is 8.48. The van der Waals surface area contributed by atoms with E-state index in [1.165, 1.54) is 82.6 Å². The van der Waals surface area contributed by atoms with E-state index in [1.54, 1.807) is 0 Å². The molecule has 1 fully saturated rings. The zero-order valence-electron chi connectivity index (χ0n) is 16.5. The Balaban J connectivity index is 1.64. The van der Waals surface area contributed by atoms with E-state index in [1.807, 2.05) is 0 Å². The Bertz CT molecular complexity index is 472. The van der Waals surface area contributed by atoms with Crippen LogP contribution in [0.25, 0.3) is 0 Å². The maximum atomic E-state index is 6.23. The number of rotatable bonds is 12. The molecular formula is C21H38N4. The van der Waals surface area contributed by atoms with Crippen molar-refractivity contribution in [1.82, 2.24) is 9.97 Å². The maximum Gasteiger partial charge on any atom is 0.227 e. The Hall–Kier alpha value is -1.32. The van der Waals surface area contributed by atoms with Crippen molar-refractivity contribution in [2.75, 3.05) is 23.7 Å². The van der Waals surface area contributed by atoms with E-state index in [9.17, 15) is 0 Å². The molecule has 0 amide bonds. The fourth-order valence-corrected chi connectivity index (χ4v) is 3.76. The first kappa shape index (κ1) is 20.0. The highest BCUT2D eigenvalue weighted by atomic mass is 15.3. The minimum Gasteiger partial charge on any atom is -0.383 e. The van der Waals surface area contributed by atoms with Crippen LogP contribution in [0, 0.1) is 6.92 Å². The second-order valence-electron chi connectivity index (χ2n) is 7.60. The molecule has 0 bridgehead atoms. The van der Waals surface area contributed by atoms with Crippen LogP contribution in [0.3, 0.4) is 0 Å². The summed E-state index contributed by atoms with van der Waals surface area (Å²) in [6.07, 6.45) is 17.1. The van der Waals surface area contributed by atoms with Crippen molar-refractivity contribution in [1.29, 1.82) is 0 Å². The first-order chi connectivity index (χ1) is 12.2. The largest absolute Gasteiger partial charge is 0.383 e. The molecule has 0 saturated carbocycles. The molecule has 25 heavy (non-hydrogen) atoms. The van der Waals surface area contributed by atoms with Gasteiger partial charge in [0.15, 0.2) is 0 Å². The Morgan fingerprint density at radius 2 is 1.40 bits per heavy atom. The second kappa shape index (κ2) is 11.3. The molecule has 1 aliphatic rings. The average molecular weight is 347 g/mol. The van der Waals surface area contributed by atoms with Crippen LogP contribution in [0.4, 0.5) is 11.8 Å². The van der Waals surface area contributed by atoms with E-state index in [2.05, 4.69) is 23.7 Å². The van der Waals surface area contributed by atoms with Gasteiger partial charge >= 0.3 is 0 Å². The quantitative estimate of drug-likeness (QED) is 0.513. The minimum absolute atomic E-state index is 0.699. The van der Waals surface area contributed by atoms with E-state index in [0.29, 0.717) is 5.82 Å². The standard InChI is InChI=1S/C21H38N4/c1-3-4-5-6-7-8-9-10-11-12-15-19-18(2)23-21(24-20(19)22)25-16-13-14-17-25/h3-17H2,1-2H3,(H2,22,23,24). The van der Waals surface area contributed by atoms with Gasteiger partial charge in [0.2, 0.25) is 5.95 Å². The van der Waals surface area contributed by atoms with Crippen LogP contribution in [-0.2, 0) is 6.42 Å². The van der Waals surface area contributed by atoms with Gasteiger partial charge in [-0.1, -0.05) is 64.7 Å². The molecule has 1 saturated heterocycles. The fraction of sp³-hybridized carbons (Fsp3) is 0.810. The number of aryl methyl sites for hydroxylation is 1. The molecule has 1 aromatic rings. The van der Waals surface area contributed by atoms with Crippen molar-refractivity contribution in [2.45, 2.75) is 97.3 Å². The van der Waals surface area contributed by atoms with Gasteiger partial charge in [0.1, 0.15) is 5.82 Å². The molecule has 4 nitrogen and oxygen atoms in total. The van der Waals surface area contributed by atoms with Crippen LogP contribution >= 0.6 is 0 Å². The lowest BCUT2D eigenvalue weighted by Crippen LogP contribution is -2.22. The Kier molecular flexibility index (Phi) is 9.06. The summed E-state index contributed by atoms with van der Waals surface area (Å²) in [6, 6.07) is 0. The number of hydrogen-bond acceptors (Lipinski definition) is 4. The Morgan fingerprint density at radius 1 is 0.840 bits per heavy atom. The Labute approximate surface area is 154 Å². The van der Waals surface area contributed by atoms with Crippen molar-refractivity contribution in [2.24, 2.45) is 0 Å². The SMILES string of the molecule is CCCCCCCCCCCCc1c(C)nc(N2CCCC2)nc1N. The number of anilines is 2. The van der Waals surface area contributed by atoms with Gasteiger partial charge in [-0.2, -0.15) is 4.98 Å². The molecule has 0 atom stereocenters. The molecule has 0 radical (unpaired) electrons. The summed E-state index contributed by atoms with van der Waals surface area (Å²) in [7, 11) is 0. The third kappa shape index (κ3) is 6.83. The maximum absolute atomic E-state index is 6.23. The summed E-state index contributed by atoms with van der Waals surface area (Å²) in [6.45, 7) is 6.50. The van der Waals surface area contributed by atoms with Gasteiger partial charge in [-0.3, -0.25) is 0 Å². The molecule has 2 heterocycles. The highest BCUT2D eigenvalue weighted by molar-refractivity contribution is 5.48. The molecule has 2 rings (SSSR count). The van der Waals surface area contributed by atoms with Crippen molar-refractivity contribution >= 4 is 11.8 Å². The van der Waals surface area contributed by atoms with E-state index in [0.717, 1.165) is 31.2 Å².